The molecule has 0 atom stereocenters. The van der Waals surface area contributed by atoms with Gasteiger partial charge in [0.05, 0.1) is 11.8 Å². The fourth-order valence-electron chi connectivity index (χ4n) is 1.61. The Balaban J connectivity index is 2.95. The van der Waals surface area contributed by atoms with Crippen LogP contribution in [0.2, 0.25) is 0 Å². The number of aromatic nitrogens is 3. The maximum atomic E-state index is 11.1. The summed E-state index contributed by atoms with van der Waals surface area (Å²) in [5.74, 6) is -0.133. The lowest BCUT2D eigenvalue weighted by atomic mass is 10.2. The summed E-state index contributed by atoms with van der Waals surface area (Å²) in [6.07, 6.45) is 0.773. The van der Waals surface area contributed by atoms with Crippen LogP contribution in [0.15, 0.2) is 10.9 Å². The van der Waals surface area contributed by atoms with Crippen LogP contribution in [0.5, 0.6) is 5.88 Å². The number of aryl methyl sites for hydroxylation is 2. The maximum absolute atomic E-state index is 11.1. The van der Waals surface area contributed by atoms with Gasteiger partial charge in [-0.05, 0) is 13.3 Å². The van der Waals surface area contributed by atoms with Gasteiger partial charge < -0.3 is 10.1 Å². The molecule has 0 aliphatic carbocycles. The Hall–Kier alpha value is -1.78. The van der Waals surface area contributed by atoms with Gasteiger partial charge in [-0.3, -0.25) is 4.79 Å². The third kappa shape index (κ3) is 1.09. The van der Waals surface area contributed by atoms with Crippen LogP contribution in [-0.4, -0.2) is 19.7 Å². The van der Waals surface area contributed by atoms with Crippen LogP contribution < -0.4 is 5.56 Å². The molecule has 0 unspecified atom stereocenters. The van der Waals surface area contributed by atoms with E-state index in [1.54, 1.807) is 0 Å². The van der Waals surface area contributed by atoms with E-state index < -0.39 is 0 Å². The van der Waals surface area contributed by atoms with Crippen molar-refractivity contribution in [1.29, 1.82) is 0 Å². The van der Waals surface area contributed by atoms with Gasteiger partial charge in [-0.25, -0.2) is 0 Å². The molecule has 0 saturated heterocycles. The molecular formula is C9H11N3O2. The number of aromatic hydroxyl groups is 1. The highest BCUT2D eigenvalue weighted by molar-refractivity contribution is 5.51. The molecule has 2 aromatic rings. The van der Waals surface area contributed by atoms with Crippen molar-refractivity contribution >= 4 is 5.65 Å². The average Bonchev–Trinajstić information content (AvgIpc) is 2.41. The first-order valence-corrected chi connectivity index (χ1v) is 4.44. The number of hydrogen-bond donors (Lipinski definition) is 2. The number of H-pyrrole nitrogens is 1. The van der Waals surface area contributed by atoms with E-state index in [9.17, 15) is 9.90 Å². The number of hydrogen-bond acceptors (Lipinski definition) is 3. The van der Waals surface area contributed by atoms with E-state index in [4.69, 9.17) is 0 Å². The van der Waals surface area contributed by atoms with Gasteiger partial charge in [0.15, 0.2) is 0 Å². The second kappa shape index (κ2) is 2.87. The first-order chi connectivity index (χ1) is 6.63. The summed E-state index contributed by atoms with van der Waals surface area (Å²) in [5, 5.41) is 13.6. The zero-order valence-corrected chi connectivity index (χ0v) is 8.03. The van der Waals surface area contributed by atoms with Crippen LogP contribution >= 0.6 is 0 Å². The van der Waals surface area contributed by atoms with Crippen LogP contribution in [0.4, 0.5) is 0 Å². The molecule has 5 heteroatoms. The zero-order valence-electron chi connectivity index (χ0n) is 8.03. The third-order valence-electron chi connectivity index (χ3n) is 2.26. The molecular weight excluding hydrogens is 182 g/mol. The van der Waals surface area contributed by atoms with Gasteiger partial charge in [-0.15, -0.1) is 0 Å². The van der Waals surface area contributed by atoms with Crippen molar-refractivity contribution in [2.75, 3.05) is 0 Å². The minimum Gasteiger partial charge on any atom is -0.493 e. The minimum atomic E-state index is -0.315. The maximum Gasteiger partial charge on any atom is 0.254 e. The highest BCUT2D eigenvalue weighted by atomic mass is 16.3. The van der Waals surface area contributed by atoms with Gasteiger partial charge in [0.2, 0.25) is 5.88 Å². The summed E-state index contributed by atoms with van der Waals surface area (Å²) >= 11 is 0. The number of nitrogens with one attached hydrogen (secondary N) is 1. The summed E-state index contributed by atoms with van der Waals surface area (Å²) in [6.45, 7) is 3.83. The van der Waals surface area contributed by atoms with Crippen molar-refractivity contribution in [2.24, 2.45) is 0 Å². The predicted molar refractivity (Wildman–Crippen MR) is 51.6 cm³/mol. The van der Waals surface area contributed by atoms with Crippen molar-refractivity contribution in [1.82, 2.24) is 14.6 Å². The van der Waals surface area contributed by atoms with E-state index in [0.717, 1.165) is 23.7 Å². The van der Waals surface area contributed by atoms with E-state index >= 15 is 0 Å². The molecule has 0 spiro atoms. The first-order valence-electron chi connectivity index (χ1n) is 4.44. The summed E-state index contributed by atoms with van der Waals surface area (Å²) in [4.78, 5) is 13.8. The van der Waals surface area contributed by atoms with Gasteiger partial charge in [0.25, 0.3) is 5.56 Å². The van der Waals surface area contributed by atoms with Crippen molar-refractivity contribution in [2.45, 2.75) is 20.3 Å². The lowest BCUT2D eigenvalue weighted by Gasteiger charge is -1.96. The molecule has 0 saturated carbocycles. The molecule has 0 radical (unpaired) electrons. The molecule has 0 aliphatic heterocycles. The van der Waals surface area contributed by atoms with Gasteiger partial charge in [-0.1, -0.05) is 6.92 Å². The van der Waals surface area contributed by atoms with Crippen LogP contribution in [-0.2, 0) is 6.42 Å². The van der Waals surface area contributed by atoms with Crippen molar-refractivity contribution < 1.29 is 5.11 Å². The topological polar surface area (TPSA) is 70.4 Å². The normalized spacial score (nSPS) is 11.0. The minimum absolute atomic E-state index is 0.133. The second-order valence-electron chi connectivity index (χ2n) is 3.17. The Morgan fingerprint density at radius 1 is 1.64 bits per heavy atom. The molecule has 14 heavy (non-hydrogen) atoms. The van der Waals surface area contributed by atoms with Crippen LogP contribution in [0.25, 0.3) is 5.65 Å². The Labute approximate surface area is 80.0 Å². The molecule has 2 N–H and O–H groups in total. The molecule has 0 aromatic carbocycles. The molecule has 2 heterocycles. The molecule has 0 amide bonds. The van der Waals surface area contributed by atoms with Crippen molar-refractivity contribution in [3.8, 4) is 5.88 Å². The second-order valence-corrected chi connectivity index (χ2v) is 3.17. The Morgan fingerprint density at radius 2 is 2.36 bits per heavy atom. The van der Waals surface area contributed by atoms with Gasteiger partial charge >= 0.3 is 0 Å². The number of rotatable bonds is 1. The fraction of sp³-hybridized carbons (Fsp3) is 0.333. The van der Waals surface area contributed by atoms with E-state index in [2.05, 4.69) is 10.1 Å². The van der Waals surface area contributed by atoms with Gasteiger partial charge in [0.1, 0.15) is 5.65 Å². The highest BCUT2D eigenvalue weighted by Crippen LogP contribution is 2.16. The first kappa shape index (κ1) is 8.80. The Bertz CT molecular complexity index is 539. The third-order valence-corrected chi connectivity index (χ3v) is 2.26. The molecule has 0 fully saturated rings. The molecule has 5 nitrogen and oxygen atoms in total. The lowest BCUT2D eigenvalue weighted by Crippen LogP contribution is -2.07. The van der Waals surface area contributed by atoms with E-state index in [0.29, 0.717) is 5.65 Å². The van der Waals surface area contributed by atoms with E-state index in [1.165, 1.54) is 4.52 Å². The molecule has 0 bridgehead atoms. The van der Waals surface area contributed by atoms with Gasteiger partial charge in [0, 0.05) is 5.56 Å². The summed E-state index contributed by atoms with van der Waals surface area (Å²) in [7, 11) is 0. The molecule has 0 aliphatic rings. The van der Waals surface area contributed by atoms with Crippen LogP contribution in [0.1, 0.15) is 18.2 Å². The molecule has 74 valence electrons. The highest BCUT2D eigenvalue weighted by Gasteiger charge is 2.10. The quantitative estimate of drug-likeness (QED) is 0.696. The SMILES string of the molecule is CCc1c(C)nn2c(O)cc(=O)[nH]c12. The fourth-order valence-corrected chi connectivity index (χ4v) is 1.61. The van der Waals surface area contributed by atoms with Crippen LogP contribution in [0.3, 0.4) is 0 Å². The zero-order chi connectivity index (χ0) is 10.3. The Morgan fingerprint density at radius 3 is 3.00 bits per heavy atom. The van der Waals surface area contributed by atoms with Crippen LogP contribution in [0, 0.1) is 6.92 Å². The van der Waals surface area contributed by atoms with Crippen molar-refractivity contribution in [3.05, 3.63) is 27.7 Å². The molecule has 2 aromatic heterocycles. The number of nitrogens with zero attached hydrogens (tertiary/aromatic N) is 2. The monoisotopic (exact) mass is 193 g/mol. The average molecular weight is 193 g/mol. The summed E-state index contributed by atoms with van der Waals surface area (Å²) in [6, 6.07) is 1.11. The van der Waals surface area contributed by atoms with E-state index in [-0.39, 0.29) is 11.4 Å². The number of aromatic amines is 1. The standard InChI is InChI=1S/C9H11N3O2/c1-3-6-5(2)11-12-8(14)4-7(13)10-9(6)12/h4,14H,3H2,1-2H3,(H,10,13). The number of fused-ring (bicyclic) bond motifs is 1. The summed E-state index contributed by atoms with van der Waals surface area (Å²) in [5.41, 5.74) is 2.04. The lowest BCUT2D eigenvalue weighted by molar-refractivity contribution is 0.434. The van der Waals surface area contributed by atoms with Gasteiger partial charge in [-0.2, -0.15) is 9.61 Å². The summed E-state index contributed by atoms with van der Waals surface area (Å²) < 4.78 is 1.34. The largest absolute Gasteiger partial charge is 0.493 e. The Kier molecular flexibility index (Phi) is 1.80. The predicted octanol–water partition coefficient (Wildman–Crippen LogP) is 0.599. The smallest absolute Gasteiger partial charge is 0.254 e. The van der Waals surface area contributed by atoms with Crippen molar-refractivity contribution in [3.63, 3.8) is 0 Å². The van der Waals surface area contributed by atoms with E-state index in [1.807, 2.05) is 13.8 Å². The molecule has 2 rings (SSSR count).